The molecule has 1 aliphatic heterocycles. The van der Waals surface area contributed by atoms with Crippen LogP contribution in [0.25, 0.3) is 0 Å². The van der Waals surface area contributed by atoms with Crippen molar-refractivity contribution in [1.82, 2.24) is 10.6 Å². The molecule has 1 heterocycles. The second kappa shape index (κ2) is 4.53. The zero-order chi connectivity index (χ0) is 12.4. The highest BCUT2D eigenvalue weighted by atomic mass is 19.1. The lowest BCUT2D eigenvalue weighted by Crippen LogP contribution is -2.40. The van der Waals surface area contributed by atoms with Gasteiger partial charge in [-0.25, -0.2) is 9.38 Å². The van der Waals surface area contributed by atoms with Gasteiger partial charge in [-0.15, -0.1) is 0 Å². The van der Waals surface area contributed by atoms with Gasteiger partial charge in [0.05, 0.1) is 0 Å². The lowest BCUT2D eigenvalue weighted by Gasteiger charge is -2.07. The largest absolute Gasteiger partial charge is 0.354 e. The van der Waals surface area contributed by atoms with E-state index >= 15 is 0 Å². The number of carbonyl (C=O) groups excluding carboxylic acids is 1. The van der Waals surface area contributed by atoms with E-state index in [-0.39, 0.29) is 11.9 Å². The van der Waals surface area contributed by atoms with Crippen molar-refractivity contribution in [3.63, 3.8) is 0 Å². The van der Waals surface area contributed by atoms with Gasteiger partial charge in [0.15, 0.2) is 12.0 Å². The summed E-state index contributed by atoms with van der Waals surface area (Å²) >= 11 is 0. The van der Waals surface area contributed by atoms with E-state index in [0.29, 0.717) is 11.5 Å². The van der Waals surface area contributed by atoms with E-state index in [4.69, 9.17) is 0 Å². The minimum absolute atomic E-state index is 0.161. The lowest BCUT2D eigenvalue weighted by molar-refractivity contribution is -0.120. The summed E-state index contributed by atoms with van der Waals surface area (Å²) in [4.78, 5) is 15.8. The van der Waals surface area contributed by atoms with Gasteiger partial charge in [-0.1, -0.05) is 18.2 Å². The van der Waals surface area contributed by atoms with Crippen LogP contribution in [0, 0.1) is 5.82 Å². The molecule has 2 rings (SSSR count). The first kappa shape index (κ1) is 11.6. The Morgan fingerprint density at radius 2 is 2.12 bits per heavy atom. The van der Waals surface area contributed by atoms with Crippen LogP contribution in [-0.4, -0.2) is 17.9 Å². The Morgan fingerprint density at radius 3 is 2.76 bits per heavy atom. The number of guanidine groups is 1. The van der Waals surface area contributed by atoms with Crippen LogP contribution in [0.3, 0.4) is 0 Å². The first-order valence-electron chi connectivity index (χ1n) is 5.47. The number of nitrogens with zero attached hydrogens (tertiary/aromatic N) is 1. The van der Waals surface area contributed by atoms with Crippen LogP contribution >= 0.6 is 0 Å². The number of rotatable bonds is 2. The van der Waals surface area contributed by atoms with Crippen molar-refractivity contribution in [2.45, 2.75) is 25.9 Å². The fraction of sp³-hybridized carbons (Fsp3) is 0.333. The average Bonchev–Trinajstić information content (AvgIpc) is 2.59. The van der Waals surface area contributed by atoms with Crippen LogP contribution in [0.2, 0.25) is 0 Å². The van der Waals surface area contributed by atoms with E-state index in [1.165, 1.54) is 6.07 Å². The van der Waals surface area contributed by atoms with Crippen LogP contribution < -0.4 is 10.6 Å². The molecule has 0 saturated heterocycles. The summed E-state index contributed by atoms with van der Waals surface area (Å²) in [5, 5.41) is 5.58. The smallest absolute Gasteiger partial charge is 0.256 e. The van der Waals surface area contributed by atoms with Crippen LogP contribution in [0.15, 0.2) is 29.3 Å². The number of nitrogens with one attached hydrogen (secondary N) is 2. The lowest BCUT2D eigenvalue weighted by atomic mass is 10.1. The summed E-state index contributed by atoms with van der Waals surface area (Å²) in [5.41, 5.74) is 0.297. The predicted molar refractivity (Wildman–Crippen MR) is 63.0 cm³/mol. The van der Waals surface area contributed by atoms with E-state index in [1.54, 1.807) is 18.2 Å². The van der Waals surface area contributed by atoms with Gasteiger partial charge in [0, 0.05) is 11.6 Å². The second-order valence-electron chi connectivity index (χ2n) is 4.19. The summed E-state index contributed by atoms with van der Waals surface area (Å²) < 4.78 is 13.5. The number of aliphatic imine (C=N–C) groups is 1. The van der Waals surface area contributed by atoms with Crippen molar-refractivity contribution in [1.29, 1.82) is 0 Å². The molecule has 0 aromatic heterocycles. The Morgan fingerprint density at radius 1 is 1.41 bits per heavy atom. The molecule has 0 radical (unpaired) electrons. The number of carbonyl (C=O) groups is 1. The van der Waals surface area contributed by atoms with Crippen LogP contribution in [0.1, 0.15) is 25.5 Å². The maximum absolute atomic E-state index is 13.5. The molecule has 1 unspecified atom stereocenters. The van der Waals surface area contributed by atoms with Gasteiger partial charge in [0.25, 0.3) is 5.91 Å². The van der Waals surface area contributed by atoms with Gasteiger partial charge in [-0.2, -0.15) is 0 Å². The fourth-order valence-electron chi connectivity index (χ4n) is 1.66. The minimum Gasteiger partial charge on any atom is -0.354 e. The first-order valence-corrected chi connectivity index (χ1v) is 5.47. The van der Waals surface area contributed by atoms with Crippen molar-refractivity contribution < 1.29 is 9.18 Å². The van der Waals surface area contributed by atoms with Gasteiger partial charge < -0.3 is 5.32 Å². The number of benzene rings is 1. The molecule has 0 aliphatic carbocycles. The van der Waals surface area contributed by atoms with E-state index in [2.05, 4.69) is 15.6 Å². The maximum atomic E-state index is 13.5. The van der Waals surface area contributed by atoms with Gasteiger partial charge in [0.2, 0.25) is 0 Å². The zero-order valence-corrected chi connectivity index (χ0v) is 9.70. The molecule has 0 spiro atoms. The number of hydrogen-bond acceptors (Lipinski definition) is 3. The van der Waals surface area contributed by atoms with E-state index in [1.807, 2.05) is 13.8 Å². The van der Waals surface area contributed by atoms with E-state index < -0.39 is 11.9 Å². The summed E-state index contributed by atoms with van der Waals surface area (Å²) in [6.45, 7) is 3.87. The number of hydrogen-bond donors (Lipinski definition) is 2. The molecule has 4 nitrogen and oxygen atoms in total. The van der Waals surface area contributed by atoms with Crippen molar-refractivity contribution in [3.05, 3.63) is 35.6 Å². The molecule has 1 aliphatic rings. The van der Waals surface area contributed by atoms with Crippen LogP contribution in [-0.2, 0) is 4.79 Å². The Bertz CT molecular complexity index is 471. The highest BCUT2D eigenvalue weighted by Gasteiger charge is 2.29. The quantitative estimate of drug-likeness (QED) is 0.813. The Hall–Kier alpha value is -1.91. The molecular weight excluding hydrogens is 221 g/mol. The molecular formula is C12H14FN3O. The first-order chi connectivity index (χ1) is 8.08. The molecule has 0 saturated carbocycles. The van der Waals surface area contributed by atoms with Gasteiger partial charge >= 0.3 is 0 Å². The normalized spacial score (nSPS) is 19.2. The molecule has 1 atom stereocenters. The van der Waals surface area contributed by atoms with Gasteiger partial charge in [0.1, 0.15) is 5.82 Å². The van der Waals surface area contributed by atoms with Crippen molar-refractivity contribution in [2.24, 2.45) is 4.99 Å². The Labute approximate surface area is 98.9 Å². The van der Waals surface area contributed by atoms with Gasteiger partial charge in [-0.05, 0) is 19.9 Å². The monoisotopic (exact) mass is 235 g/mol. The Kier molecular flexibility index (Phi) is 3.08. The summed E-state index contributed by atoms with van der Waals surface area (Å²) in [7, 11) is 0. The fourth-order valence-corrected chi connectivity index (χ4v) is 1.66. The summed E-state index contributed by atoms with van der Waals surface area (Å²) in [6, 6.07) is 5.54. The average molecular weight is 235 g/mol. The third-order valence-corrected chi connectivity index (χ3v) is 2.37. The number of amides is 1. The van der Waals surface area contributed by atoms with Crippen LogP contribution in [0.4, 0.5) is 4.39 Å². The molecule has 0 bridgehead atoms. The molecule has 2 N–H and O–H groups in total. The standard InChI is InChI=1S/C12H14FN3O/c1-7(2)14-12-15-10(11(17)16-12)8-5-3-4-6-9(8)13/h3-7,10H,1-2H3,(H2,14,15,16,17). The molecule has 5 heteroatoms. The van der Waals surface area contributed by atoms with Gasteiger partial charge in [-0.3, -0.25) is 10.1 Å². The molecule has 1 aromatic carbocycles. The summed E-state index contributed by atoms with van der Waals surface area (Å²) in [6.07, 6.45) is 0. The third-order valence-electron chi connectivity index (χ3n) is 2.37. The van der Waals surface area contributed by atoms with Crippen molar-refractivity contribution >= 4 is 11.9 Å². The SMILES string of the molecule is CC(C)NC1=NC(c2ccccc2F)C(=O)N1. The Balaban J connectivity index is 2.25. The molecule has 90 valence electrons. The van der Waals surface area contributed by atoms with Crippen LogP contribution in [0.5, 0.6) is 0 Å². The highest BCUT2D eigenvalue weighted by Crippen LogP contribution is 2.23. The molecule has 0 fully saturated rings. The van der Waals surface area contributed by atoms with Crippen molar-refractivity contribution in [2.75, 3.05) is 0 Å². The van der Waals surface area contributed by atoms with Crippen molar-refractivity contribution in [3.8, 4) is 0 Å². The minimum atomic E-state index is -0.794. The zero-order valence-electron chi connectivity index (χ0n) is 9.70. The summed E-state index contributed by atoms with van der Waals surface area (Å²) in [5.74, 6) is -0.321. The molecule has 1 aromatic rings. The molecule has 1 amide bonds. The topological polar surface area (TPSA) is 53.5 Å². The van der Waals surface area contributed by atoms with E-state index in [0.717, 1.165) is 0 Å². The number of halogens is 1. The van der Waals surface area contributed by atoms with E-state index in [9.17, 15) is 9.18 Å². The maximum Gasteiger partial charge on any atom is 0.256 e. The highest BCUT2D eigenvalue weighted by molar-refractivity contribution is 6.05. The third kappa shape index (κ3) is 2.43. The molecule has 17 heavy (non-hydrogen) atoms. The second-order valence-corrected chi connectivity index (χ2v) is 4.19. The predicted octanol–water partition coefficient (Wildman–Crippen LogP) is 1.35.